The van der Waals surface area contributed by atoms with Crippen molar-refractivity contribution in [2.45, 2.75) is 0 Å². The molecule has 0 atom stereocenters. The summed E-state index contributed by atoms with van der Waals surface area (Å²) in [5.41, 5.74) is 0. The first-order valence-electron chi connectivity index (χ1n) is 0. The van der Waals surface area contributed by atoms with Crippen LogP contribution in [0.25, 0.3) is 0 Å². The summed E-state index contributed by atoms with van der Waals surface area (Å²) in [6, 6.07) is 0. The van der Waals surface area contributed by atoms with E-state index in [0.717, 1.165) is 0 Å². The molecule has 0 aromatic heterocycles. The second-order valence-corrected chi connectivity index (χ2v) is 0. The molecular weight excluding hydrogens is 170 g/mol. The van der Waals surface area contributed by atoms with Gasteiger partial charge in [0.05, 0.1) is 0 Å². The molecular formula is CuMgNaNi. The van der Waals surface area contributed by atoms with Crippen molar-refractivity contribution in [3.63, 3.8) is 0 Å². The first-order valence-corrected chi connectivity index (χ1v) is 0. The molecule has 24 valence electrons. The first-order chi connectivity index (χ1) is 0. The largest absolute Gasteiger partial charge is 0 e. The number of hydrogen-bond donors (Lipinski definition) is 0. The maximum atomic E-state index is 0. The molecule has 0 aliphatic heterocycles. The monoisotopic (exact) mass is 168 g/mol. The molecule has 4 heteroatoms. The zero-order valence-electron chi connectivity index (χ0n) is 2.32. The summed E-state index contributed by atoms with van der Waals surface area (Å²) in [5, 5.41) is 0. The van der Waals surface area contributed by atoms with E-state index in [1.165, 1.54) is 0 Å². The van der Waals surface area contributed by atoms with Crippen molar-refractivity contribution in [3.05, 3.63) is 0 Å². The van der Waals surface area contributed by atoms with Crippen molar-refractivity contribution in [3.8, 4) is 0 Å². The van der Waals surface area contributed by atoms with Crippen LogP contribution in [0.15, 0.2) is 0 Å². The zero-order chi connectivity index (χ0) is 0. The molecule has 0 fully saturated rings. The van der Waals surface area contributed by atoms with Gasteiger partial charge in [-0.1, -0.05) is 0 Å². The van der Waals surface area contributed by atoms with Crippen molar-refractivity contribution in [1.29, 1.82) is 0 Å². The molecule has 0 aromatic carbocycles. The molecule has 0 spiro atoms. The number of hydrogen-bond acceptors (Lipinski definition) is 0. The molecule has 0 aliphatic carbocycles. The van der Waals surface area contributed by atoms with E-state index in [1.807, 2.05) is 0 Å². The van der Waals surface area contributed by atoms with Gasteiger partial charge < -0.3 is 0 Å². The van der Waals surface area contributed by atoms with Crippen molar-refractivity contribution < 1.29 is 33.6 Å². The SMILES string of the molecule is [Cu].[Mg].[Na].[Ni]. The maximum Gasteiger partial charge on any atom is 0 e. The van der Waals surface area contributed by atoms with Gasteiger partial charge in [-0.05, 0) is 0 Å². The topological polar surface area (TPSA) is 0 Å². The van der Waals surface area contributed by atoms with E-state index < -0.39 is 0 Å². The third-order valence-corrected chi connectivity index (χ3v) is 0. The fourth-order valence-corrected chi connectivity index (χ4v) is 0. The van der Waals surface area contributed by atoms with E-state index in [4.69, 9.17) is 0 Å². The minimum atomic E-state index is 0. The zero-order valence-corrected chi connectivity index (χ0v) is 7.67. The second-order valence-electron chi connectivity index (χ2n) is 0. The molecule has 0 rings (SSSR count). The van der Waals surface area contributed by atoms with Gasteiger partial charge in [0.1, 0.15) is 0 Å². The molecule has 0 heterocycles. The fraction of sp³-hybridized carbons (Fsp3) is 0. The van der Waals surface area contributed by atoms with Gasteiger partial charge in [0.25, 0.3) is 0 Å². The standard InChI is InChI=1S/Cu.Mg.Na.Ni. The van der Waals surface area contributed by atoms with E-state index in [9.17, 15) is 0 Å². The molecule has 0 nitrogen and oxygen atoms in total. The van der Waals surface area contributed by atoms with Gasteiger partial charge in [-0.15, -0.1) is 0 Å². The molecule has 0 amide bonds. The fourth-order valence-electron chi connectivity index (χ4n) is 0. The van der Waals surface area contributed by atoms with Gasteiger partial charge in [-0.25, -0.2) is 0 Å². The second kappa shape index (κ2) is 17.1. The van der Waals surface area contributed by atoms with Crippen LogP contribution < -0.4 is 0 Å². The Balaban J connectivity index is 0. The van der Waals surface area contributed by atoms with Crippen molar-refractivity contribution in [2.75, 3.05) is 0 Å². The summed E-state index contributed by atoms with van der Waals surface area (Å²) >= 11 is 0. The summed E-state index contributed by atoms with van der Waals surface area (Å²) in [6.07, 6.45) is 0. The van der Waals surface area contributed by atoms with Gasteiger partial charge in [-0.2, -0.15) is 0 Å². The van der Waals surface area contributed by atoms with Crippen molar-refractivity contribution in [1.82, 2.24) is 0 Å². The Labute approximate surface area is 84.7 Å². The molecule has 0 aromatic rings. The Bertz CT molecular complexity index is 8.00. The first kappa shape index (κ1) is 29.3. The minimum Gasteiger partial charge on any atom is 0 e. The summed E-state index contributed by atoms with van der Waals surface area (Å²) in [4.78, 5) is 0. The average molecular weight is 170 g/mol. The quantitative estimate of drug-likeness (QED) is 0.418. The number of rotatable bonds is 0. The van der Waals surface area contributed by atoms with E-state index in [2.05, 4.69) is 0 Å². The van der Waals surface area contributed by atoms with Crippen LogP contribution in [0.1, 0.15) is 0 Å². The Morgan fingerprint density at radius 1 is 1.00 bits per heavy atom. The van der Waals surface area contributed by atoms with Crippen LogP contribution in [0.2, 0.25) is 0 Å². The summed E-state index contributed by atoms with van der Waals surface area (Å²) in [5.74, 6) is 0. The van der Waals surface area contributed by atoms with E-state index in [1.54, 1.807) is 0 Å². The average Bonchev–Trinajstić information content (AvgIpc) is 0. The molecule has 4 radical (unpaired) electrons. The molecule has 0 saturated carbocycles. The Morgan fingerprint density at radius 2 is 1.00 bits per heavy atom. The molecule has 4 heavy (non-hydrogen) atoms. The van der Waals surface area contributed by atoms with E-state index in [-0.39, 0.29) is 86.2 Å². The molecule has 0 unspecified atom stereocenters. The van der Waals surface area contributed by atoms with Gasteiger partial charge in [-0.3, -0.25) is 0 Å². The van der Waals surface area contributed by atoms with E-state index in [0.29, 0.717) is 0 Å². The van der Waals surface area contributed by atoms with Crippen LogP contribution in [0, 0.1) is 0 Å². The predicted octanol–water partition coefficient (Wildman–Crippen LogP) is -0.767. The third kappa shape index (κ3) is 8.84. The van der Waals surface area contributed by atoms with Gasteiger partial charge >= 0.3 is 0 Å². The summed E-state index contributed by atoms with van der Waals surface area (Å²) in [7, 11) is 0. The van der Waals surface area contributed by atoms with Crippen LogP contribution >= 0.6 is 0 Å². The van der Waals surface area contributed by atoms with Crippen LogP contribution in [0.5, 0.6) is 0 Å². The van der Waals surface area contributed by atoms with Crippen molar-refractivity contribution >= 4 is 52.6 Å². The molecule has 0 bridgehead atoms. The maximum absolute atomic E-state index is 0. The van der Waals surface area contributed by atoms with Gasteiger partial charge in [0, 0.05) is 86.2 Å². The molecule has 0 N–H and O–H groups in total. The molecule has 0 aliphatic rings. The van der Waals surface area contributed by atoms with Gasteiger partial charge in [0.2, 0.25) is 0 Å². The molecule has 0 saturated heterocycles. The smallest absolute Gasteiger partial charge is 0 e. The Hall–Kier alpha value is 2.78. The van der Waals surface area contributed by atoms with E-state index >= 15 is 0 Å². The van der Waals surface area contributed by atoms with Crippen LogP contribution in [-0.2, 0) is 33.6 Å². The predicted molar refractivity (Wildman–Crippen MR) is 11.5 cm³/mol. The van der Waals surface area contributed by atoms with Crippen LogP contribution in [0.4, 0.5) is 0 Å². The summed E-state index contributed by atoms with van der Waals surface area (Å²) < 4.78 is 0. The van der Waals surface area contributed by atoms with Crippen LogP contribution in [0.3, 0.4) is 0 Å². The van der Waals surface area contributed by atoms with Crippen molar-refractivity contribution in [2.24, 2.45) is 0 Å². The summed E-state index contributed by atoms with van der Waals surface area (Å²) in [6.45, 7) is 0. The Kier molecular flexibility index (Phi) is 125. The van der Waals surface area contributed by atoms with Crippen LogP contribution in [-0.4, -0.2) is 52.6 Å². The normalized spacial score (nSPS) is 0. The minimum absolute atomic E-state index is 0. The van der Waals surface area contributed by atoms with Gasteiger partial charge in [0.15, 0.2) is 0 Å². The third-order valence-electron chi connectivity index (χ3n) is 0. The Morgan fingerprint density at radius 3 is 1.00 bits per heavy atom.